The third-order valence-corrected chi connectivity index (χ3v) is 7.11. The molecule has 5 saturated heterocycles. The summed E-state index contributed by atoms with van der Waals surface area (Å²) in [6.07, 6.45) is 2.13. The second-order valence-corrected chi connectivity index (χ2v) is 16.3. The van der Waals surface area contributed by atoms with E-state index < -0.39 is 0 Å². The SMILES string of the molecule is CC(C)C.CC(C)C.COCC1CO1.COCC1CO1.COCC1CO1.COCC1CO1.COCC1CO1.c1ccccc1.c1ccccc1.c1ccccc1.c1ccccc1.c1ccccc1. The number of epoxide rings is 5. The molecule has 10 heteroatoms. The van der Waals surface area contributed by atoms with Gasteiger partial charge in [-0.1, -0.05) is 224 Å². The first kappa shape index (κ1) is 65.8. The van der Waals surface area contributed by atoms with Crippen LogP contribution in [0.2, 0.25) is 0 Å². The van der Waals surface area contributed by atoms with Gasteiger partial charge in [-0.3, -0.25) is 0 Å². The van der Waals surface area contributed by atoms with E-state index in [1.165, 1.54) is 0 Å². The van der Waals surface area contributed by atoms with Crippen LogP contribution in [0.5, 0.6) is 0 Å². The molecule has 5 aliphatic rings. The first-order valence-corrected chi connectivity index (χ1v) is 23.7. The highest BCUT2D eigenvalue weighted by molar-refractivity contribution is 5.01. The molecule has 0 N–H and O–H groups in total. The average molecular weight is 947 g/mol. The fourth-order valence-electron chi connectivity index (χ4n) is 3.68. The van der Waals surface area contributed by atoms with Crippen LogP contribution in [0.3, 0.4) is 0 Å². The molecular formula is C58H90O10. The van der Waals surface area contributed by atoms with Gasteiger partial charge in [0.15, 0.2) is 0 Å². The minimum absolute atomic E-state index is 0.426. The van der Waals surface area contributed by atoms with Crippen molar-refractivity contribution >= 4 is 0 Å². The summed E-state index contributed by atoms with van der Waals surface area (Å²) < 4.78 is 47.8. The summed E-state index contributed by atoms with van der Waals surface area (Å²) in [4.78, 5) is 0. The van der Waals surface area contributed by atoms with E-state index in [2.05, 4.69) is 41.5 Å². The molecule has 0 spiro atoms. The summed E-state index contributed by atoms with van der Waals surface area (Å²) in [6, 6.07) is 60.0. The van der Waals surface area contributed by atoms with Crippen LogP contribution in [0.1, 0.15) is 41.5 Å². The zero-order valence-electron chi connectivity index (χ0n) is 43.5. The minimum Gasteiger partial charge on any atom is -0.382 e. The van der Waals surface area contributed by atoms with Crippen molar-refractivity contribution in [3.63, 3.8) is 0 Å². The van der Waals surface area contributed by atoms with Gasteiger partial charge in [0.25, 0.3) is 0 Å². The van der Waals surface area contributed by atoms with Gasteiger partial charge < -0.3 is 47.4 Å². The fraction of sp³-hybridized carbons (Fsp3) is 0.483. The highest BCUT2D eigenvalue weighted by Gasteiger charge is 2.23. The average Bonchev–Trinajstić information content (AvgIpc) is 4.15. The van der Waals surface area contributed by atoms with Gasteiger partial charge in [-0.05, 0) is 11.8 Å². The second-order valence-electron chi connectivity index (χ2n) is 16.3. The maximum atomic E-state index is 4.82. The maximum absolute atomic E-state index is 4.82. The number of hydrogen-bond acceptors (Lipinski definition) is 10. The summed E-state index contributed by atoms with van der Waals surface area (Å²) in [5, 5.41) is 0. The van der Waals surface area contributed by atoms with Crippen LogP contribution in [-0.2, 0) is 47.4 Å². The lowest BCUT2D eigenvalue weighted by Gasteiger charge is -1.84. The molecule has 0 amide bonds. The Morgan fingerprint density at radius 2 is 0.324 bits per heavy atom. The fourth-order valence-corrected chi connectivity index (χ4v) is 3.68. The Labute approximate surface area is 413 Å². The van der Waals surface area contributed by atoms with Gasteiger partial charge in [-0.25, -0.2) is 0 Å². The first-order chi connectivity index (χ1) is 33.1. The Kier molecular flexibility index (Phi) is 51.9. The van der Waals surface area contributed by atoms with Crippen LogP contribution in [0.4, 0.5) is 0 Å². The molecule has 10 rings (SSSR count). The molecule has 5 atom stereocenters. The lowest BCUT2D eigenvalue weighted by molar-refractivity contribution is 0.171. The molecule has 5 unspecified atom stereocenters. The topological polar surface area (TPSA) is 109 Å². The van der Waals surface area contributed by atoms with Crippen molar-refractivity contribution in [2.75, 3.05) is 102 Å². The van der Waals surface area contributed by atoms with E-state index in [1.807, 2.05) is 182 Å². The molecule has 5 heterocycles. The van der Waals surface area contributed by atoms with E-state index in [0.29, 0.717) is 30.5 Å². The Balaban J connectivity index is 0. The van der Waals surface area contributed by atoms with E-state index in [1.54, 1.807) is 35.5 Å². The number of methoxy groups -OCH3 is 5. The molecule has 0 bridgehead atoms. The predicted molar refractivity (Wildman–Crippen MR) is 281 cm³/mol. The summed E-state index contributed by atoms with van der Waals surface area (Å²) in [6.45, 7) is 21.3. The van der Waals surface area contributed by atoms with Gasteiger partial charge in [0.05, 0.1) is 66.1 Å². The smallest absolute Gasteiger partial charge is 0.104 e. The summed E-state index contributed by atoms with van der Waals surface area (Å²) >= 11 is 0. The Bertz CT molecular complexity index is 1130. The van der Waals surface area contributed by atoms with Crippen molar-refractivity contribution < 1.29 is 47.4 Å². The van der Waals surface area contributed by atoms with Crippen molar-refractivity contribution in [2.45, 2.75) is 72.1 Å². The van der Waals surface area contributed by atoms with Crippen molar-refractivity contribution in [1.82, 2.24) is 0 Å². The summed E-state index contributed by atoms with van der Waals surface area (Å²) in [7, 11) is 8.41. The van der Waals surface area contributed by atoms with Crippen molar-refractivity contribution in [1.29, 1.82) is 0 Å². The molecule has 0 aliphatic carbocycles. The third kappa shape index (κ3) is 73.3. The van der Waals surface area contributed by atoms with Crippen molar-refractivity contribution in [2.24, 2.45) is 11.8 Å². The molecule has 5 aliphatic heterocycles. The lowest BCUT2D eigenvalue weighted by Crippen LogP contribution is -1.94. The molecule has 5 fully saturated rings. The highest BCUT2D eigenvalue weighted by Crippen LogP contribution is 2.09. The standard InChI is InChI=1S/5C6H6.5C4H8O2.2C4H10/c5*1-2-4-6-5-3-1;5*1-5-2-4-3-6-4;2*1-4(2)3/h5*1-6H;5*4H,2-3H2,1H3;2*4H,1-3H3. The molecule has 5 aromatic rings. The molecule has 0 saturated carbocycles. The lowest BCUT2D eigenvalue weighted by atomic mass is 10.3. The van der Waals surface area contributed by atoms with E-state index >= 15 is 0 Å². The van der Waals surface area contributed by atoms with Gasteiger partial charge >= 0.3 is 0 Å². The molecule has 68 heavy (non-hydrogen) atoms. The molecule has 382 valence electrons. The molecule has 10 nitrogen and oxygen atoms in total. The zero-order valence-corrected chi connectivity index (χ0v) is 43.5. The Hall–Kier alpha value is -4.30. The Morgan fingerprint density at radius 3 is 0.353 bits per heavy atom. The van der Waals surface area contributed by atoms with Gasteiger partial charge in [0.2, 0.25) is 0 Å². The zero-order chi connectivity index (χ0) is 50.4. The minimum atomic E-state index is 0.426. The van der Waals surface area contributed by atoms with Gasteiger partial charge in [-0.2, -0.15) is 0 Å². The van der Waals surface area contributed by atoms with E-state index in [9.17, 15) is 0 Å². The quantitative estimate of drug-likeness (QED) is 0.126. The summed E-state index contributed by atoms with van der Waals surface area (Å²) in [5.41, 5.74) is 0. The van der Waals surface area contributed by atoms with Crippen LogP contribution in [0.15, 0.2) is 182 Å². The van der Waals surface area contributed by atoms with Gasteiger partial charge in [0.1, 0.15) is 30.5 Å². The van der Waals surface area contributed by atoms with Crippen LogP contribution in [0, 0.1) is 11.8 Å². The van der Waals surface area contributed by atoms with Crippen LogP contribution in [0.25, 0.3) is 0 Å². The highest BCUT2D eigenvalue weighted by atomic mass is 16.6. The first-order valence-electron chi connectivity index (χ1n) is 23.7. The second kappa shape index (κ2) is 53.7. The van der Waals surface area contributed by atoms with Crippen LogP contribution < -0.4 is 0 Å². The normalized spacial score (nSPS) is 18.0. The van der Waals surface area contributed by atoms with Gasteiger partial charge in [0, 0.05) is 35.5 Å². The largest absolute Gasteiger partial charge is 0.382 e. The van der Waals surface area contributed by atoms with E-state index in [4.69, 9.17) is 47.4 Å². The number of hydrogen-bond donors (Lipinski definition) is 0. The predicted octanol–water partition coefficient (Wildman–Crippen LogP) is 11.9. The van der Waals surface area contributed by atoms with E-state index in [-0.39, 0.29) is 0 Å². The molecule has 5 aromatic carbocycles. The molecular weight excluding hydrogens is 857 g/mol. The van der Waals surface area contributed by atoms with Crippen LogP contribution >= 0.6 is 0 Å². The molecule has 0 radical (unpaired) electrons. The van der Waals surface area contributed by atoms with Gasteiger partial charge in [-0.15, -0.1) is 0 Å². The molecule has 0 aromatic heterocycles. The monoisotopic (exact) mass is 947 g/mol. The third-order valence-electron chi connectivity index (χ3n) is 7.11. The van der Waals surface area contributed by atoms with Crippen LogP contribution in [-0.4, -0.2) is 132 Å². The Morgan fingerprint density at radius 1 is 0.250 bits per heavy atom. The summed E-state index contributed by atoms with van der Waals surface area (Å²) in [5.74, 6) is 1.67. The maximum Gasteiger partial charge on any atom is 0.104 e. The number of ether oxygens (including phenoxy) is 10. The van der Waals surface area contributed by atoms with Crippen molar-refractivity contribution in [3.8, 4) is 0 Å². The number of benzene rings is 5. The van der Waals surface area contributed by atoms with Crippen molar-refractivity contribution in [3.05, 3.63) is 182 Å². The number of rotatable bonds is 10. The van der Waals surface area contributed by atoms with E-state index in [0.717, 1.165) is 77.9 Å².